The number of rotatable bonds is 3. The molecule has 2 rings (SSSR count). The van der Waals surface area contributed by atoms with Crippen molar-refractivity contribution in [2.45, 2.75) is 51.0 Å². The SMILES string of the molecule is Cc1c(NC2CC(C)CC(C)C2)cccc1S(N)(=O)=O. The maximum absolute atomic E-state index is 11.6. The number of primary sulfonamides is 1. The van der Waals surface area contributed by atoms with E-state index in [0.29, 0.717) is 23.4 Å². The summed E-state index contributed by atoms with van der Waals surface area (Å²) >= 11 is 0. The Morgan fingerprint density at radius 3 is 2.30 bits per heavy atom. The smallest absolute Gasteiger partial charge is 0.238 e. The van der Waals surface area contributed by atoms with Crippen LogP contribution in [0.4, 0.5) is 5.69 Å². The highest BCUT2D eigenvalue weighted by Gasteiger charge is 2.24. The van der Waals surface area contributed by atoms with Gasteiger partial charge in [-0.25, -0.2) is 13.6 Å². The Kier molecular flexibility index (Phi) is 4.39. The molecular weight excluding hydrogens is 272 g/mol. The maximum atomic E-state index is 11.6. The van der Waals surface area contributed by atoms with Crippen LogP contribution in [0.1, 0.15) is 38.7 Å². The average Bonchev–Trinajstić information content (AvgIpc) is 2.29. The summed E-state index contributed by atoms with van der Waals surface area (Å²) in [5, 5.41) is 8.75. The van der Waals surface area contributed by atoms with E-state index in [-0.39, 0.29) is 4.90 Å². The zero-order valence-corrected chi connectivity index (χ0v) is 13.2. The van der Waals surface area contributed by atoms with E-state index in [0.717, 1.165) is 18.5 Å². The molecule has 112 valence electrons. The third-order valence-corrected chi connectivity index (χ3v) is 5.18. The molecule has 5 heteroatoms. The number of nitrogens with two attached hydrogens (primary N) is 1. The zero-order valence-electron chi connectivity index (χ0n) is 12.4. The Balaban J connectivity index is 2.22. The van der Waals surface area contributed by atoms with E-state index < -0.39 is 10.0 Å². The third-order valence-electron chi connectivity index (χ3n) is 4.13. The van der Waals surface area contributed by atoms with Gasteiger partial charge in [0.25, 0.3) is 0 Å². The summed E-state index contributed by atoms with van der Waals surface area (Å²) < 4.78 is 23.1. The van der Waals surface area contributed by atoms with Crippen molar-refractivity contribution in [1.82, 2.24) is 0 Å². The number of nitrogens with one attached hydrogen (secondary N) is 1. The summed E-state index contributed by atoms with van der Waals surface area (Å²) in [6.45, 7) is 6.35. The quantitative estimate of drug-likeness (QED) is 0.901. The van der Waals surface area contributed by atoms with E-state index in [4.69, 9.17) is 5.14 Å². The van der Waals surface area contributed by atoms with Gasteiger partial charge in [-0.3, -0.25) is 0 Å². The fourth-order valence-electron chi connectivity index (χ4n) is 3.36. The highest BCUT2D eigenvalue weighted by atomic mass is 32.2. The van der Waals surface area contributed by atoms with Crippen molar-refractivity contribution in [1.29, 1.82) is 0 Å². The largest absolute Gasteiger partial charge is 0.382 e. The number of hydrogen-bond acceptors (Lipinski definition) is 3. The second kappa shape index (κ2) is 5.74. The van der Waals surface area contributed by atoms with E-state index in [9.17, 15) is 8.42 Å². The molecule has 1 saturated carbocycles. The molecule has 1 aliphatic rings. The molecule has 1 fully saturated rings. The van der Waals surface area contributed by atoms with Crippen molar-refractivity contribution in [2.75, 3.05) is 5.32 Å². The second-order valence-electron chi connectivity index (χ2n) is 6.23. The van der Waals surface area contributed by atoms with Crippen LogP contribution in [0.15, 0.2) is 23.1 Å². The van der Waals surface area contributed by atoms with Gasteiger partial charge in [0.1, 0.15) is 0 Å². The van der Waals surface area contributed by atoms with Crippen LogP contribution < -0.4 is 10.5 Å². The first-order chi connectivity index (χ1) is 9.27. The summed E-state index contributed by atoms with van der Waals surface area (Å²) in [5.74, 6) is 1.41. The predicted molar refractivity (Wildman–Crippen MR) is 82.1 cm³/mol. The Bertz CT molecular complexity index is 574. The highest BCUT2D eigenvalue weighted by molar-refractivity contribution is 7.89. The van der Waals surface area contributed by atoms with Gasteiger partial charge in [0.2, 0.25) is 10.0 Å². The van der Waals surface area contributed by atoms with Gasteiger partial charge in [-0.2, -0.15) is 0 Å². The van der Waals surface area contributed by atoms with Gasteiger partial charge in [0, 0.05) is 11.7 Å². The molecule has 1 aromatic rings. The number of hydrogen-bond donors (Lipinski definition) is 2. The molecule has 0 radical (unpaired) electrons. The summed E-state index contributed by atoms with van der Waals surface area (Å²) in [7, 11) is -3.66. The minimum Gasteiger partial charge on any atom is -0.382 e. The van der Waals surface area contributed by atoms with Crippen LogP contribution in [-0.2, 0) is 10.0 Å². The molecule has 0 bridgehead atoms. The minimum absolute atomic E-state index is 0.208. The van der Waals surface area contributed by atoms with Crippen LogP contribution in [0.3, 0.4) is 0 Å². The lowest BCUT2D eigenvalue weighted by atomic mass is 9.80. The van der Waals surface area contributed by atoms with Gasteiger partial charge in [-0.15, -0.1) is 0 Å². The van der Waals surface area contributed by atoms with Crippen LogP contribution in [-0.4, -0.2) is 14.5 Å². The summed E-state index contributed by atoms with van der Waals surface area (Å²) in [6, 6.07) is 5.63. The van der Waals surface area contributed by atoms with Gasteiger partial charge >= 0.3 is 0 Å². The molecule has 0 spiro atoms. The van der Waals surface area contributed by atoms with Crippen LogP contribution >= 0.6 is 0 Å². The number of benzene rings is 1. The second-order valence-corrected chi connectivity index (χ2v) is 7.76. The first kappa shape index (κ1) is 15.3. The lowest BCUT2D eigenvalue weighted by molar-refractivity contribution is 0.281. The molecule has 0 aromatic heterocycles. The average molecular weight is 296 g/mol. The monoisotopic (exact) mass is 296 g/mol. The molecule has 1 aromatic carbocycles. The standard InChI is InChI=1S/C15H24N2O2S/c1-10-7-11(2)9-13(8-10)17-14-5-4-6-15(12(14)3)20(16,18)19/h4-6,10-11,13,17H,7-9H2,1-3H3,(H2,16,18,19). The molecule has 3 N–H and O–H groups in total. The van der Waals surface area contributed by atoms with Gasteiger partial charge in [0.05, 0.1) is 4.90 Å². The molecule has 0 amide bonds. The van der Waals surface area contributed by atoms with Gasteiger partial charge < -0.3 is 5.32 Å². The predicted octanol–water partition coefficient (Wildman–Crippen LogP) is 2.88. The molecule has 0 saturated heterocycles. The van der Waals surface area contributed by atoms with Crippen molar-refractivity contribution in [3.63, 3.8) is 0 Å². The van der Waals surface area contributed by atoms with Gasteiger partial charge in [-0.1, -0.05) is 19.9 Å². The van der Waals surface area contributed by atoms with Crippen molar-refractivity contribution >= 4 is 15.7 Å². The Labute approximate surface area is 121 Å². The van der Waals surface area contributed by atoms with E-state index in [1.165, 1.54) is 6.42 Å². The Hall–Kier alpha value is -1.07. The molecule has 1 aliphatic carbocycles. The Morgan fingerprint density at radius 2 is 1.75 bits per heavy atom. The normalized spacial score (nSPS) is 27.3. The maximum Gasteiger partial charge on any atom is 0.238 e. The van der Waals surface area contributed by atoms with Crippen molar-refractivity contribution in [2.24, 2.45) is 17.0 Å². The van der Waals surface area contributed by atoms with Crippen molar-refractivity contribution in [3.8, 4) is 0 Å². The first-order valence-corrected chi connectivity index (χ1v) is 8.71. The highest BCUT2D eigenvalue weighted by Crippen LogP contribution is 2.32. The Morgan fingerprint density at radius 1 is 1.15 bits per heavy atom. The van der Waals surface area contributed by atoms with E-state index in [2.05, 4.69) is 19.2 Å². The van der Waals surface area contributed by atoms with Crippen molar-refractivity contribution < 1.29 is 8.42 Å². The summed E-state index contributed by atoms with van der Waals surface area (Å²) in [6.07, 6.45) is 3.53. The van der Waals surface area contributed by atoms with Crippen LogP contribution in [0.5, 0.6) is 0 Å². The van der Waals surface area contributed by atoms with Crippen LogP contribution in [0.25, 0.3) is 0 Å². The van der Waals surface area contributed by atoms with Gasteiger partial charge in [0.15, 0.2) is 0 Å². The summed E-state index contributed by atoms with van der Waals surface area (Å²) in [5.41, 5.74) is 1.59. The molecule has 0 heterocycles. The zero-order chi connectivity index (χ0) is 14.9. The molecule has 20 heavy (non-hydrogen) atoms. The lowest BCUT2D eigenvalue weighted by Crippen LogP contribution is -2.30. The van der Waals surface area contributed by atoms with E-state index in [1.807, 2.05) is 6.07 Å². The number of sulfonamides is 1. The first-order valence-electron chi connectivity index (χ1n) is 7.16. The number of anilines is 1. The molecule has 0 aliphatic heterocycles. The third kappa shape index (κ3) is 3.52. The van der Waals surface area contributed by atoms with Gasteiger partial charge in [-0.05, 0) is 55.7 Å². The molecule has 2 unspecified atom stereocenters. The minimum atomic E-state index is -3.66. The molecule has 2 atom stereocenters. The van der Waals surface area contributed by atoms with Crippen LogP contribution in [0.2, 0.25) is 0 Å². The fourth-order valence-corrected chi connectivity index (χ4v) is 4.17. The topological polar surface area (TPSA) is 72.2 Å². The molecule has 4 nitrogen and oxygen atoms in total. The van der Waals surface area contributed by atoms with Crippen molar-refractivity contribution in [3.05, 3.63) is 23.8 Å². The fraction of sp³-hybridized carbons (Fsp3) is 0.600. The van der Waals surface area contributed by atoms with E-state index >= 15 is 0 Å². The van der Waals surface area contributed by atoms with E-state index in [1.54, 1.807) is 19.1 Å². The lowest BCUT2D eigenvalue weighted by Gasteiger charge is -2.33. The van der Waals surface area contributed by atoms with Crippen LogP contribution in [0, 0.1) is 18.8 Å². The summed E-state index contributed by atoms with van der Waals surface area (Å²) in [4.78, 5) is 0.208. The molecular formula is C15H24N2O2S.